The Morgan fingerprint density at radius 1 is 1.25 bits per heavy atom. The Morgan fingerprint density at radius 3 is 2.25 bits per heavy atom. The molecule has 0 saturated heterocycles. The van der Waals surface area contributed by atoms with E-state index in [0.717, 1.165) is 38.6 Å². The van der Waals surface area contributed by atoms with Crippen molar-refractivity contribution < 1.29 is 4.79 Å². The molecule has 16 heavy (non-hydrogen) atoms. The van der Waals surface area contributed by atoms with Crippen LogP contribution in [-0.2, 0) is 4.79 Å². The van der Waals surface area contributed by atoms with E-state index in [1.807, 2.05) is 0 Å². The summed E-state index contributed by atoms with van der Waals surface area (Å²) in [5.41, 5.74) is 11.6. The van der Waals surface area contributed by atoms with E-state index in [4.69, 9.17) is 11.5 Å². The summed E-state index contributed by atoms with van der Waals surface area (Å²) in [5.74, 6) is 1.62. The van der Waals surface area contributed by atoms with Crippen LogP contribution in [0.3, 0.4) is 0 Å². The number of ketones is 1. The third kappa shape index (κ3) is 3.87. The van der Waals surface area contributed by atoms with E-state index in [-0.39, 0.29) is 17.7 Å². The lowest BCUT2D eigenvalue weighted by atomic mass is 9.78. The number of carbonyl (C=O) groups excluding carboxylic acids is 1. The van der Waals surface area contributed by atoms with Gasteiger partial charge in [-0.2, -0.15) is 0 Å². The summed E-state index contributed by atoms with van der Waals surface area (Å²) in [4.78, 5) is 12.1. The zero-order chi connectivity index (χ0) is 12.1. The van der Waals surface area contributed by atoms with Crippen molar-refractivity contribution in [2.45, 2.75) is 52.0 Å². The summed E-state index contributed by atoms with van der Waals surface area (Å²) < 4.78 is 0. The molecule has 0 radical (unpaired) electrons. The van der Waals surface area contributed by atoms with Gasteiger partial charge in [0.25, 0.3) is 0 Å². The van der Waals surface area contributed by atoms with Gasteiger partial charge in [-0.1, -0.05) is 13.8 Å². The van der Waals surface area contributed by atoms with Crippen LogP contribution >= 0.6 is 0 Å². The Bertz CT molecular complexity index is 220. The highest BCUT2D eigenvalue weighted by atomic mass is 16.1. The van der Waals surface area contributed by atoms with Gasteiger partial charge in [0.05, 0.1) is 6.04 Å². The molecule has 1 aliphatic rings. The van der Waals surface area contributed by atoms with Crippen LogP contribution in [0.15, 0.2) is 0 Å². The lowest BCUT2D eigenvalue weighted by Crippen LogP contribution is -2.38. The molecule has 3 nitrogen and oxygen atoms in total. The maximum atomic E-state index is 12.1. The van der Waals surface area contributed by atoms with Crippen LogP contribution in [0.2, 0.25) is 0 Å². The molecule has 1 saturated carbocycles. The van der Waals surface area contributed by atoms with Crippen LogP contribution in [0.1, 0.15) is 46.0 Å². The van der Waals surface area contributed by atoms with Crippen molar-refractivity contribution in [3.05, 3.63) is 0 Å². The van der Waals surface area contributed by atoms with Gasteiger partial charge in [-0.3, -0.25) is 4.79 Å². The first-order chi connectivity index (χ1) is 7.54. The van der Waals surface area contributed by atoms with E-state index in [1.165, 1.54) is 0 Å². The maximum Gasteiger partial charge on any atom is 0.152 e. The van der Waals surface area contributed by atoms with E-state index in [1.54, 1.807) is 0 Å². The summed E-state index contributed by atoms with van der Waals surface area (Å²) in [6.45, 7) is 4.98. The van der Waals surface area contributed by atoms with Gasteiger partial charge < -0.3 is 11.5 Å². The lowest BCUT2D eigenvalue weighted by molar-refractivity contribution is -0.125. The second kappa shape index (κ2) is 6.36. The number of hydrogen-bond acceptors (Lipinski definition) is 3. The minimum absolute atomic E-state index is 0.205. The fourth-order valence-electron chi connectivity index (χ4n) is 2.61. The molecule has 0 unspecified atom stereocenters. The minimum Gasteiger partial charge on any atom is -0.330 e. The van der Waals surface area contributed by atoms with Crippen molar-refractivity contribution in [1.29, 1.82) is 0 Å². The van der Waals surface area contributed by atoms with Crippen LogP contribution < -0.4 is 11.5 Å². The van der Waals surface area contributed by atoms with Crippen molar-refractivity contribution in [1.82, 2.24) is 0 Å². The SMILES string of the molecule is CC(C)C[C@H](N)C(=O)C1CCC(CN)CC1. The monoisotopic (exact) mass is 226 g/mol. The Morgan fingerprint density at radius 2 is 1.81 bits per heavy atom. The van der Waals surface area contributed by atoms with Gasteiger partial charge in [0.2, 0.25) is 0 Å². The van der Waals surface area contributed by atoms with Gasteiger partial charge in [-0.15, -0.1) is 0 Å². The third-order valence-corrected chi connectivity index (χ3v) is 3.67. The van der Waals surface area contributed by atoms with Crippen LogP contribution in [0.5, 0.6) is 0 Å². The quantitative estimate of drug-likeness (QED) is 0.749. The van der Waals surface area contributed by atoms with Crippen molar-refractivity contribution >= 4 is 5.78 Å². The largest absolute Gasteiger partial charge is 0.330 e. The fourth-order valence-corrected chi connectivity index (χ4v) is 2.61. The molecule has 0 spiro atoms. The molecule has 3 heteroatoms. The van der Waals surface area contributed by atoms with Gasteiger partial charge in [0.1, 0.15) is 0 Å². The Labute approximate surface area is 99.0 Å². The molecule has 0 aromatic carbocycles. The van der Waals surface area contributed by atoms with Crippen molar-refractivity contribution in [2.75, 3.05) is 6.54 Å². The number of Topliss-reactive ketones (excluding diaryl/α,β-unsaturated/α-hetero) is 1. The van der Waals surface area contributed by atoms with Crippen LogP contribution in [0.25, 0.3) is 0 Å². The predicted molar refractivity (Wildman–Crippen MR) is 66.9 cm³/mol. The zero-order valence-corrected chi connectivity index (χ0v) is 10.6. The maximum absolute atomic E-state index is 12.1. The number of hydrogen-bond donors (Lipinski definition) is 2. The average molecular weight is 226 g/mol. The second-order valence-corrected chi connectivity index (χ2v) is 5.59. The first kappa shape index (κ1) is 13.7. The van der Waals surface area contributed by atoms with Gasteiger partial charge in [0.15, 0.2) is 5.78 Å². The van der Waals surface area contributed by atoms with E-state index >= 15 is 0 Å². The predicted octanol–water partition coefficient (Wildman–Crippen LogP) is 1.69. The van der Waals surface area contributed by atoms with E-state index in [9.17, 15) is 4.79 Å². The number of carbonyl (C=O) groups is 1. The van der Waals surface area contributed by atoms with Crippen molar-refractivity contribution in [2.24, 2.45) is 29.2 Å². The second-order valence-electron chi connectivity index (χ2n) is 5.59. The zero-order valence-electron chi connectivity index (χ0n) is 10.6. The summed E-state index contributed by atoms with van der Waals surface area (Å²) in [5, 5.41) is 0. The molecule has 4 N–H and O–H groups in total. The molecule has 0 bridgehead atoms. The summed E-state index contributed by atoms with van der Waals surface area (Å²) in [6, 6.07) is -0.251. The van der Waals surface area contributed by atoms with E-state index in [2.05, 4.69) is 13.8 Å². The molecule has 0 heterocycles. The molecule has 1 atom stereocenters. The Kier molecular flexibility index (Phi) is 5.42. The molecular formula is C13H26N2O. The summed E-state index contributed by atoms with van der Waals surface area (Å²) in [7, 11) is 0. The Balaban J connectivity index is 2.38. The lowest BCUT2D eigenvalue weighted by Gasteiger charge is -2.28. The Hall–Kier alpha value is -0.410. The highest BCUT2D eigenvalue weighted by Gasteiger charge is 2.28. The number of rotatable bonds is 5. The van der Waals surface area contributed by atoms with Crippen LogP contribution in [0, 0.1) is 17.8 Å². The van der Waals surface area contributed by atoms with Crippen LogP contribution in [0.4, 0.5) is 0 Å². The van der Waals surface area contributed by atoms with E-state index < -0.39 is 0 Å². The first-order valence-corrected chi connectivity index (χ1v) is 6.54. The topological polar surface area (TPSA) is 69.1 Å². The highest BCUT2D eigenvalue weighted by molar-refractivity contribution is 5.86. The molecule has 1 rings (SSSR count). The van der Waals surface area contributed by atoms with Gasteiger partial charge >= 0.3 is 0 Å². The van der Waals surface area contributed by atoms with Crippen molar-refractivity contribution in [3.8, 4) is 0 Å². The van der Waals surface area contributed by atoms with E-state index in [0.29, 0.717) is 11.8 Å². The molecule has 0 aromatic rings. The standard InChI is InChI=1S/C13H26N2O/c1-9(2)7-12(15)13(16)11-5-3-10(8-14)4-6-11/h9-12H,3-8,14-15H2,1-2H3/t10?,11?,12-/m0/s1. The number of nitrogens with two attached hydrogens (primary N) is 2. The minimum atomic E-state index is -0.251. The molecule has 0 aliphatic heterocycles. The highest BCUT2D eigenvalue weighted by Crippen LogP contribution is 2.29. The molecule has 0 amide bonds. The molecular weight excluding hydrogens is 200 g/mol. The molecule has 1 aliphatic carbocycles. The summed E-state index contributed by atoms with van der Waals surface area (Å²) in [6.07, 6.45) is 5.00. The third-order valence-electron chi connectivity index (χ3n) is 3.67. The normalized spacial score (nSPS) is 28.1. The molecule has 0 aromatic heterocycles. The van der Waals surface area contributed by atoms with Gasteiger partial charge in [-0.25, -0.2) is 0 Å². The van der Waals surface area contributed by atoms with Crippen molar-refractivity contribution in [3.63, 3.8) is 0 Å². The summed E-state index contributed by atoms with van der Waals surface area (Å²) >= 11 is 0. The van der Waals surface area contributed by atoms with Gasteiger partial charge in [0, 0.05) is 5.92 Å². The smallest absolute Gasteiger partial charge is 0.152 e. The molecule has 94 valence electrons. The van der Waals surface area contributed by atoms with Crippen LogP contribution in [-0.4, -0.2) is 18.4 Å². The van der Waals surface area contributed by atoms with Gasteiger partial charge in [-0.05, 0) is 50.5 Å². The first-order valence-electron chi connectivity index (χ1n) is 6.54. The fraction of sp³-hybridized carbons (Fsp3) is 0.923. The average Bonchev–Trinajstić information content (AvgIpc) is 2.27. The molecule has 1 fully saturated rings.